The molecule has 0 amide bonds. The average Bonchev–Trinajstić information content (AvgIpc) is 2.77. The standard InChI is InChI=1S/C11H14N6S/c1-6(2)8-4-7(3)14-11(15-8)17-5-13-10(16-17)9(12)18/h4-6H,1-3H3,(H2,12,18). The maximum absolute atomic E-state index is 5.47. The zero-order valence-corrected chi connectivity index (χ0v) is 11.3. The molecule has 0 saturated heterocycles. The molecule has 2 aromatic rings. The second-order valence-corrected chi connectivity index (χ2v) is 4.71. The van der Waals surface area contributed by atoms with Crippen molar-refractivity contribution in [1.82, 2.24) is 24.7 Å². The van der Waals surface area contributed by atoms with Gasteiger partial charge < -0.3 is 5.73 Å². The second-order valence-electron chi connectivity index (χ2n) is 4.27. The highest BCUT2D eigenvalue weighted by molar-refractivity contribution is 7.80. The highest BCUT2D eigenvalue weighted by atomic mass is 32.1. The minimum atomic E-state index is 0.158. The van der Waals surface area contributed by atoms with Crippen molar-refractivity contribution in [3.05, 3.63) is 29.6 Å². The fourth-order valence-corrected chi connectivity index (χ4v) is 1.54. The van der Waals surface area contributed by atoms with Crippen molar-refractivity contribution in [2.45, 2.75) is 26.7 Å². The van der Waals surface area contributed by atoms with Crippen LogP contribution < -0.4 is 5.73 Å². The average molecular weight is 262 g/mol. The van der Waals surface area contributed by atoms with Crippen LogP contribution in [0.25, 0.3) is 5.95 Å². The first-order chi connectivity index (χ1) is 8.47. The molecule has 0 bridgehead atoms. The van der Waals surface area contributed by atoms with Crippen LogP contribution in [0.2, 0.25) is 0 Å². The van der Waals surface area contributed by atoms with E-state index in [2.05, 4.69) is 33.9 Å². The summed E-state index contributed by atoms with van der Waals surface area (Å²) in [5.74, 6) is 1.12. The smallest absolute Gasteiger partial charge is 0.252 e. The SMILES string of the molecule is Cc1cc(C(C)C)nc(-n2cnc(C(N)=S)n2)n1. The Bertz CT molecular complexity index is 589. The Morgan fingerprint density at radius 3 is 2.67 bits per heavy atom. The number of rotatable bonds is 3. The summed E-state index contributed by atoms with van der Waals surface area (Å²) in [6.45, 7) is 6.07. The summed E-state index contributed by atoms with van der Waals surface area (Å²) >= 11 is 4.82. The molecule has 0 unspecified atom stereocenters. The van der Waals surface area contributed by atoms with Gasteiger partial charge in [-0.1, -0.05) is 26.1 Å². The van der Waals surface area contributed by atoms with Crippen LogP contribution in [0, 0.1) is 6.92 Å². The molecule has 0 aliphatic heterocycles. The van der Waals surface area contributed by atoms with Gasteiger partial charge >= 0.3 is 0 Å². The van der Waals surface area contributed by atoms with Crippen molar-refractivity contribution in [2.75, 3.05) is 0 Å². The molecular formula is C11H14N6S. The Morgan fingerprint density at radius 2 is 2.11 bits per heavy atom. The predicted octanol–water partition coefficient (Wildman–Crippen LogP) is 1.12. The molecule has 7 heteroatoms. The lowest BCUT2D eigenvalue weighted by Crippen LogP contribution is -2.13. The van der Waals surface area contributed by atoms with Crippen LogP contribution in [0.4, 0.5) is 0 Å². The lowest BCUT2D eigenvalue weighted by molar-refractivity contribution is 0.748. The normalized spacial score (nSPS) is 10.9. The number of aryl methyl sites for hydroxylation is 1. The first-order valence-corrected chi connectivity index (χ1v) is 5.95. The summed E-state index contributed by atoms with van der Waals surface area (Å²) in [7, 11) is 0. The first-order valence-electron chi connectivity index (χ1n) is 5.55. The quantitative estimate of drug-likeness (QED) is 0.835. The van der Waals surface area contributed by atoms with Gasteiger partial charge in [0, 0.05) is 11.4 Å². The van der Waals surface area contributed by atoms with E-state index in [1.165, 1.54) is 11.0 Å². The summed E-state index contributed by atoms with van der Waals surface area (Å²) in [6, 6.07) is 1.96. The Morgan fingerprint density at radius 1 is 1.39 bits per heavy atom. The molecule has 2 aromatic heterocycles. The Kier molecular flexibility index (Phi) is 3.33. The molecule has 0 saturated carbocycles. The Hall–Kier alpha value is -1.89. The van der Waals surface area contributed by atoms with E-state index in [1.54, 1.807) is 0 Å². The van der Waals surface area contributed by atoms with Gasteiger partial charge in [-0.05, 0) is 18.9 Å². The lowest BCUT2D eigenvalue weighted by atomic mass is 10.1. The number of thiocarbonyl (C=S) groups is 1. The van der Waals surface area contributed by atoms with Crippen LogP contribution in [0.1, 0.15) is 37.0 Å². The summed E-state index contributed by atoms with van der Waals surface area (Å²) in [4.78, 5) is 12.9. The van der Waals surface area contributed by atoms with E-state index in [-0.39, 0.29) is 4.99 Å². The van der Waals surface area contributed by atoms with E-state index in [0.29, 0.717) is 17.7 Å². The van der Waals surface area contributed by atoms with Crippen LogP contribution >= 0.6 is 12.2 Å². The van der Waals surface area contributed by atoms with Gasteiger partial charge in [-0.2, -0.15) is 4.68 Å². The van der Waals surface area contributed by atoms with Crippen molar-refractivity contribution < 1.29 is 0 Å². The van der Waals surface area contributed by atoms with Crippen molar-refractivity contribution in [3.63, 3.8) is 0 Å². The van der Waals surface area contributed by atoms with E-state index in [1.807, 2.05) is 13.0 Å². The van der Waals surface area contributed by atoms with Crippen LogP contribution in [-0.4, -0.2) is 29.7 Å². The molecule has 0 aliphatic rings. The molecular weight excluding hydrogens is 248 g/mol. The Balaban J connectivity index is 2.46. The second kappa shape index (κ2) is 4.77. The van der Waals surface area contributed by atoms with Gasteiger partial charge in [-0.25, -0.2) is 15.0 Å². The van der Waals surface area contributed by atoms with E-state index in [9.17, 15) is 0 Å². The third kappa shape index (κ3) is 2.51. The van der Waals surface area contributed by atoms with Gasteiger partial charge in [0.15, 0.2) is 0 Å². The molecule has 0 radical (unpaired) electrons. The summed E-state index contributed by atoms with van der Waals surface area (Å²) in [6.07, 6.45) is 1.51. The maximum atomic E-state index is 5.47. The van der Waals surface area contributed by atoms with Crippen LogP contribution in [-0.2, 0) is 0 Å². The number of nitrogens with two attached hydrogens (primary N) is 1. The fraction of sp³-hybridized carbons (Fsp3) is 0.364. The monoisotopic (exact) mass is 262 g/mol. The van der Waals surface area contributed by atoms with Crippen molar-refractivity contribution in [2.24, 2.45) is 5.73 Å². The number of aromatic nitrogens is 5. The van der Waals surface area contributed by atoms with E-state index in [0.717, 1.165) is 11.4 Å². The van der Waals surface area contributed by atoms with E-state index >= 15 is 0 Å². The molecule has 0 fully saturated rings. The minimum absolute atomic E-state index is 0.158. The van der Waals surface area contributed by atoms with E-state index in [4.69, 9.17) is 18.0 Å². The first kappa shape index (κ1) is 12.6. The molecule has 6 nitrogen and oxygen atoms in total. The van der Waals surface area contributed by atoms with Gasteiger partial charge in [0.2, 0.25) is 5.82 Å². The van der Waals surface area contributed by atoms with E-state index < -0.39 is 0 Å². The minimum Gasteiger partial charge on any atom is -0.387 e. The molecule has 94 valence electrons. The van der Waals surface area contributed by atoms with Gasteiger partial charge in [0.1, 0.15) is 11.3 Å². The lowest BCUT2D eigenvalue weighted by Gasteiger charge is -2.07. The fourth-order valence-electron chi connectivity index (χ4n) is 1.45. The molecule has 2 heterocycles. The molecule has 2 rings (SSSR count). The maximum Gasteiger partial charge on any atom is 0.252 e. The molecule has 0 spiro atoms. The molecule has 2 N–H and O–H groups in total. The van der Waals surface area contributed by atoms with Crippen LogP contribution in [0.5, 0.6) is 0 Å². The number of nitrogens with zero attached hydrogens (tertiary/aromatic N) is 5. The molecule has 0 aromatic carbocycles. The van der Waals surface area contributed by atoms with Gasteiger partial charge in [-0.3, -0.25) is 0 Å². The van der Waals surface area contributed by atoms with Crippen LogP contribution in [0.3, 0.4) is 0 Å². The highest BCUT2D eigenvalue weighted by Crippen LogP contribution is 2.13. The number of hydrogen-bond donors (Lipinski definition) is 1. The molecule has 0 atom stereocenters. The third-order valence-corrected chi connectivity index (χ3v) is 2.55. The molecule has 18 heavy (non-hydrogen) atoms. The Labute approximate surface area is 110 Å². The summed E-state index contributed by atoms with van der Waals surface area (Å²) < 4.78 is 1.48. The molecule has 0 aliphatic carbocycles. The largest absolute Gasteiger partial charge is 0.387 e. The predicted molar refractivity (Wildman–Crippen MR) is 71.7 cm³/mol. The van der Waals surface area contributed by atoms with Crippen molar-refractivity contribution >= 4 is 17.2 Å². The van der Waals surface area contributed by atoms with Gasteiger partial charge in [0.05, 0.1) is 0 Å². The van der Waals surface area contributed by atoms with Crippen molar-refractivity contribution in [1.29, 1.82) is 0 Å². The summed E-state index contributed by atoms with van der Waals surface area (Å²) in [5.41, 5.74) is 7.31. The zero-order valence-electron chi connectivity index (χ0n) is 10.5. The topological polar surface area (TPSA) is 82.5 Å². The van der Waals surface area contributed by atoms with Crippen molar-refractivity contribution in [3.8, 4) is 5.95 Å². The van der Waals surface area contributed by atoms with Gasteiger partial charge in [0.25, 0.3) is 5.95 Å². The third-order valence-electron chi connectivity index (χ3n) is 2.37. The van der Waals surface area contributed by atoms with Gasteiger partial charge in [-0.15, -0.1) is 5.10 Å². The zero-order chi connectivity index (χ0) is 13.3. The van der Waals surface area contributed by atoms with Crippen LogP contribution in [0.15, 0.2) is 12.4 Å². The highest BCUT2D eigenvalue weighted by Gasteiger charge is 2.10. The number of hydrogen-bond acceptors (Lipinski definition) is 5. The summed E-state index contributed by atoms with van der Waals surface area (Å²) in [5, 5.41) is 4.14.